The van der Waals surface area contributed by atoms with Crippen molar-refractivity contribution in [1.82, 2.24) is 90.4 Å². The Balaban J connectivity index is 2.74. The molecule has 110 heavy (non-hydrogen) atoms. The minimum Gasteiger partial charge on any atom is -0.491 e. The van der Waals surface area contributed by atoms with Gasteiger partial charge in [0.2, 0.25) is 59.1 Å². The van der Waals surface area contributed by atoms with Gasteiger partial charge in [-0.1, -0.05) is 0 Å². The van der Waals surface area contributed by atoms with E-state index < -0.39 is 167 Å². The molecule has 0 aliphatic rings. The summed E-state index contributed by atoms with van der Waals surface area (Å²) in [6.45, 7) is 2.38. The molecule has 0 saturated carbocycles. The fourth-order valence-electron chi connectivity index (χ4n) is 10.6. The monoisotopic (exact) mass is 1550 g/mol. The molecule has 0 spiro atoms. The smallest absolute Gasteiger partial charge is 0.336 e. The zero-order valence-corrected chi connectivity index (χ0v) is 61.7. The molecule has 47 nitrogen and oxygen atoms in total. The van der Waals surface area contributed by atoms with E-state index in [1.807, 2.05) is 0 Å². The average Bonchev–Trinajstić information content (AvgIpc) is 0.814. The van der Waals surface area contributed by atoms with Gasteiger partial charge in [-0.3, -0.25) is 91.2 Å². The van der Waals surface area contributed by atoms with Gasteiger partial charge in [-0.2, -0.15) is 0 Å². The van der Waals surface area contributed by atoms with Crippen LogP contribution in [-0.2, 0) is 47.9 Å². The fourth-order valence-corrected chi connectivity index (χ4v) is 10.6. The molecule has 43 N–H and O–H groups in total. The van der Waals surface area contributed by atoms with Crippen LogP contribution in [0.1, 0.15) is 115 Å². The van der Waals surface area contributed by atoms with Crippen molar-refractivity contribution in [3.05, 3.63) is 40.2 Å². The third-order valence-electron chi connectivity index (χ3n) is 16.0. The number of carbonyl (C=O) groups is 10. The summed E-state index contributed by atoms with van der Waals surface area (Å²) in [6, 6.07) is -7.72. The molecule has 0 aliphatic heterocycles. The fraction of sp³-hybridized carbons (Fsp3) is 0.571. The molecule has 0 radical (unpaired) electrons. The quantitative estimate of drug-likeness (QED) is 0.0127. The molecule has 2 aromatic rings. The Morgan fingerprint density at radius 3 is 0.800 bits per heavy atom. The maximum Gasteiger partial charge on any atom is 0.336 e. The molecular formula is C63H112N34O13. The maximum atomic E-state index is 14.9. The van der Waals surface area contributed by atoms with Gasteiger partial charge >= 0.3 is 5.63 Å². The Bertz CT molecular complexity index is 3580. The predicted octanol–water partition coefficient (Wildman–Crippen LogP) is -9.55. The average molecular weight is 1550 g/mol. The Morgan fingerprint density at radius 1 is 0.345 bits per heavy atom. The topological polar surface area (TPSA) is 840 Å². The number of hydrogen-bond donors (Lipinski definition) is 34. The number of primary amides is 1. The SMILES string of the molecule is CC(=O)N[C@@H](COc1ccc2c(C)cc(=O)oc2c1)C(=O)N[C@@H](CCCNC(=N)N)C(=O)N[C@@H](CCCNC(=N)N)C(=O)N[C@@H](CCCNC(=N)N)C(=O)N[C@@H](CCCNC(=N)N)C(=O)N[C@@H](CCCNC(=N)N)C(=O)N[C@@H](CCCNC(=N)N)C(=O)N[C@@H](CCCNC(=N)N)C(=O)N[C@@H](CCCNC(=N)N)C(N)=O. The highest BCUT2D eigenvalue weighted by atomic mass is 16.5. The van der Waals surface area contributed by atoms with Crippen LogP contribution < -0.4 is 152 Å². The van der Waals surface area contributed by atoms with Gasteiger partial charge in [0.05, 0.1) is 0 Å². The second-order valence-corrected chi connectivity index (χ2v) is 25.2. The summed E-state index contributed by atoms with van der Waals surface area (Å²) < 4.78 is 11.2. The molecule has 0 aliphatic carbocycles. The molecule has 612 valence electrons. The third-order valence-corrected chi connectivity index (χ3v) is 16.0. The lowest BCUT2D eigenvalue weighted by atomic mass is 10.0. The van der Waals surface area contributed by atoms with E-state index in [9.17, 15) is 52.7 Å². The Kier molecular flexibility index (Phi) is 42.8. The number of benzene rings is 1. The van der Waals surface area contributed by atoms with Crippen molar-refractivity contribution in [1.29, 1.82) is 43.3 Å². The van der Waals surface area contributed by atoms with Gasteiger partial charge in [0.1, 0.15) is 72.3 Å². The van der Waals surface area contributed by atoms with E-state index in [2.05, 4.69) is 90.4 Å². The van der Waals surface area contributed by atoms with Crippen LogP contribution in [0.2, 0.25) is 0 Å². The van der Waals surface area contributed by atoms with E-state index >= 15 is 0 Å². The van der Waals surface area contributed by atoms with Crippen LogP contribution in [-0.4, -0.2) is 220 Å². The molecule has 1 heterocycles. The third kappa shape index (κ3) is 40.0. The first-order valence-electron chi connectivity index (χ1n) is 35.3. The highest BCUT2D eigenvalue weighted by Crippen LogP contribution is 2.23. The van der Waals surface area contributed by atoms with E-state index in [0.29, 0.717) is 10.9 Å². The van der Waals surface area contributed by atoms with Gasteiger partial charge in [0.25, 0.3) is 0 Å². The van der Waals surface area contributed by atoms with Crippen LogP contribution in [0.15, 0.2) is 33.5 Å². The Morgan fingerprint density at radius 2 is 0.573 bits per heavy atom. The molecule has 9 atom stereocenters. The second kappa shape index (κ2) is 50.6. The van der Waals surface area contributed by atoms with Gasteiger partial charge in [-0.05, 0) is 127 Å². The van der Waals surface area contributed by atoms with Crippen LogP contribution in [0.25, 0.3) is 11.0 Å². The summed E-state index contributed by atoms with van der Waals surface area (Å²) in [5.74, 6) is -12.6. The van der Waals surface area contributed by atoms with E-state index in [1.54, 1.807) is 19.1 Å². The Labute approximate surface area is 633 Å². The normalized spacial score (nSPS) is 13.1. The standard InChI is InChI=1S/C63H112N34O13/c1-32-29-46(99)110-45-30-34(19-20-35(32)45)109-31-44(89-33(2)98)55(108)97-43(18-10-28-88-63(79)80)54(107)96-42(17-9-27-87-62(77)78)53(106)95-41(16-8-26-86-61(75)76)52(105)94-40(15-7-25-85-60(73)74)51(104)93-39(14-6-24-84-59(71)72)50(103)92-38(13-5-23-83-58(69)70)49(102)91-37(12-4-22-82-57(67)68)48(101)90-36(47(64)100)11-3-21-81-56(65)66/h19-20,29-30,36-44H,3-18,21-28,31H2,1-2H3,(H2,64,100)(H,89,98)(H,90,101)(H,91,102)(H,92,103)(H,93,104)(H,94,105)(H,95,106)(H,96,107)(H,97,108)(H4,65,66,81)(H4,67,68,82)(H4,69,70,83)(H4,71,72,84)(H4,73,74,85)(H4,75,76,86)(H4,77,78,87)(H4,79,80,88)/t36-,37-,38-,39-,40-,41-,42-,43-,44-/m0/s1. The Hall–Kier alpha value is -12.9. The van der Waals surface area contributed by atoms with E-state index in [4.69, 9.17) is 104 Å². The minimum absolute atomic E-state index is 0.00124. The maximum absolute atomic E-state index is 14.9. The summed E-state index contributed by atoms with van der Waals surface area (Å²) in [7, 11) is 0. The van der Waals surface area contributed by atoms with Crippen molar-refractivity contribution in [2.45, 2.75) is 171 Å². The van der Waals surface area contributed by atoms with Crippen molar-refractivity contribution >= 4 is 118 Å². The van der Waals surface area contributed by atoms with Gasteiger partial charge < -0.3 is 151 Å². The van der Waals surface area contributed by atoms with Crippen molar-refractivity contribution in [3.8, 4) is 5.75 Å². The van der Waals surface area contributed by atoms with Crippen LogP contribution >= 0.6 is 0 Å². The summed E-state index contributed by atoms with van der Waals surface area (Å²) in [6.07, 6.45) is -1.08. The summed E-state index contributed by atoms with van der Waals surface area (Å²) in [4.78, 5) is 154. The number of aryl methyl sites for hydroxylation is 1. The molecule has 2 rings (SSSR count). The zero-order valence-electron chi connectivity index (χ0n) is 61.7. The first-order valence-corrected chi connectivity index (χ1v) is 35.3. The highest BCUT2D eigenvalue weighted by molar-refractivity contribution is 5.99. The lowest BCUT2D eigenvalue weighted by Crippen LogP contribution is -2.60. The van der Waals surface area contributed by atoms with E-state index in [1.165, 1.54) is 12.1 Å². The molecule has 10 amide bonds. The summed E-state index contributed by atoms with van der Waals surface area (Å²) in [5, 5.41) is 106. The predicted molar refractivity (Wildman–Crippen MR) is 408 cm³/mol. The number of nitrogens with two attached hydrogens (primary N) is 9. The minimum atomic E-state index is -1.61. The van der Waals surface area contributed by atoms with E-state index in [0.717, 1.165) is 6.92 Å². The number of fused-ring (bicyclic) bond motifs is 1. The molecular weight excluding hydrogens is 1440 g/mol. The van der Waals surface area contributed by atoms with Gasteiger partial charge in [0.15, 0.2) is 47.7 Å². The molecule has 1 aromatic carbocycles. The van der Waals surface area contributed by atoms with E-state index in [-0.39, 0.29) is 172 Å². The summed E-state index contributed by atoms with van der Waals surface area (Å²) >= 11 is 0. The van der Waals surface area contributed by atoms with Crippen LogP contribution in [0, 0.1) is 50.2 Å². The first kappa shape index (κ1) is 93.2. The van der Waals surface area contributed by atoms with Crippen molar-refractivity contribution < 1.29 is 57.1 Å². The lowest BCUT2D eigenvalue weighted by Gasteiger charge is -2.28. The number of ether oxygens (including phenoxy) is 1. The van der Waals surface area contributed by atoms with Crippen molar-refractivity contribution in [2.75, 3.05) is 59.0 Å². The molecule has 0 bridgehead atoms. The first-order chi connectivity index (χ1) is 52.0. The van der Waals surface area contributed by atoms with Gasteiger partial charge in [-0.15, -0.1) is 0 Å². The zero-order chi connectivity index (χ0) is 82.4. The molecule has 0 unspecified atom stereocenters. The van der Waals surface area contributed by atoms with Crippen molar-refractivity contribution in [3.63, 3.8) is 0 Å². The highest BCUT2D eigenvalue weighted by Gasteiger charge is 2.36. The van der Waals surface area contributed by atoms with Gasteiger partial charge in [0, 0.05) is 76.8 Å². The number of carbonyl (C=O) groups excluding carboxylic acids is 10. The number of hydrogen-bond acceptors (Lipinski definition) is 21. The molecule has 47 heteroatoms. The second-order valence-electron chi connectivity index (χ2n) is 25.2. The largest absolute Gasteiger partial charge is 0.491 e. The van der Waals surface area contributed by atoms with Crippen molar-refractivity contribution in [2.24, 2.45) is 51.6 Å². The number of nitrogens with one attached hydrogen (secondary N) is 25. The molecule has 0 saturated heterocycles. The number of amides is 10. The van der Waals surface area contributed by atoms with Crippen LogP contribution in [0.5, 0.6) is 5.75 Å². The van der Waals surface area contributed by atoms with Gasteiger partial charge in [-0.25, -0.2) is 4.79 Å². The number of guanidine groups is 8. The lowest BCUT2D eigenvalue weighted by molar-refractivity contribution is -0.136. The number of rotatable bonds is 53. The molecule has 0 fully saturated rings. The summed E-state index contributed by atoms with van der Waals surface area (Å²) in [5.41, 5.74) is 49.9. The van der Waals surface area contributed by atoms with Crippen LogP contribution in [0.3, 0.4) is 0 Å². The molecule has 1 aromatic heterocycles. The van der Waals surface area contributed by atoms with Crippen LogP contribution in [0.4, 0.5) is 0 Å².